The molecule has 0 bridgehead atoms. The quantitative estimate of drug-likeness (QED) is 0.470. The Morgan fingerprint density at radius 2 is 1.80 bits per heavy atom. The van der Waals surface area contributed by atoms with Gasteiger partial charge in [0.05, 0.1) is 32.3 Å². The molecule has 0 rings (SSSR count). The topological polar surface area (TPSA) is 110 Å². The molecule has 0 saturated heterocycles. The maximum Gasteiger partial charge on any atom is 0.306 e. The number of hydrogen-bond acceptors (Lipinski definition) is 7. The van der Waals surface area contributed by atoms with Gasteiger partial charge < -0.3 is 24.5 Å². The first-order valence-electron chi connectivity index (χ1n) is 6.11. The van der Waals surface area contributed by atoms with E-state index in [1.165, 1.54) is 20.1 Å². The van der Waals surface area contributed by atoms with Gasteiger partial charge in [0, 0.05) is 12.3 Å². The van der Waals surface area contributed by atoms with Crippen LogP contribution in [0.15, 0.2) is 12.3 Å². The summed E-state index contributed by atoms with van der Waals surface area (Å²) < 4.78 is 9.15. The van der Waals surface area contributed by atoms with Gasteiger partial charge in [0.15, 0.2) is 0 Å². The van der Waals surface area contributed by atoms with Crippen molar-refractivity contribution >= 4 is 17.7 Å². The first kappa shape index (κ1) is 18.1. The zero-order chi connectivity index (χ0) is 15.5. The SMILES string of the molecule is COC(=O)CCC(=O)OCC(O)C(/C=C/O)CC(C)=O. The molecule has 0 aliphatic carbocycles. The zero-order valence-corrected chi connectivity index (χ0v) is 11.6. The summed E-state index contributed by atoms with van der Waals surface area (Å²) in [5.74, 6) is -1.97. The molecule has 0 aliphatic heterocycles. The number of ether oxygens (including phenoxy) is 2. The predicted octanol–water partition coefficient (Wildman–Crippen LogP) is 0.511. The Kier molecular flexibility index (Phi) is 9.02. The van der Waals surface area contributed by atoms with E-state index in [4.69, 9.17) is 9.84 Å². The number of methoxy groups -OCH3 is 1. The minimum atomic E-state index is -1.11. The molecule has 2 atom stereocenters. The number of aliphatic hydroxyl groups excluding tert-OH is 2. The molecule has 20 heavy (non-hydrogen) atoms. The number of aliphatic hydroxyl groups is 2. The molecule has 0 saturated carbocycles. The molecule has 114 valence electrons. The smallest absolute Gasteiger partial charge is 0.306 e. The summed E-state index contributed by atoms with van der Waals surface area (Å²) in [4.78, 5) is 33.1. The van der Waals surface area contributed by atoms with Crippen molar-refractivity contribution < 1.29 is 34.1 Å². The standard InChI is InChI=1S/C13H20O7/c1-9(15)7-10(5-6-14)11(16)8-20-13(18)4-3-12(17)19-2/h5-6,10-11,14,16H,3-4,7-8H2,1-2H3/b6-5+. The van der Waals surface area contributed by atoms with Crippen molar-refractivity contribution in [3.8, 4) is 0 Å². The summed E-state index contributed by atoms with van der Waals surface area (Å²) in [6, 6.07) is 0. The van der Waals surface area contributed by atoms with E-state index in [2.05, 4.69) is 4.74 Å². The van der Waals surface area contributed by atoms with E-state index >= 15 is 0 Å². The van der Waals surface area contributed by atoms with E-state index in [0.29, 0.717) is 0 Å². The van der Waals surface area contributed by atoms with Crippen molar-refractivity contribution in [1.82, 2.24) is 0 Å². The summed E-state index contributed by atoms with van der Waals surface area (Å²) >= 11 is 0. The van der Waals surface area contributed by atoms with Gasteiger partial charge >= 0.3 is 11.9 Å². The van der Waals surface area contributed by atoms with Gasteiger partial charge in [-0.25, -0.2) is 0 Å². The summed E-state index contributed by atoms with van der Waals surface area (Å²) in [7, 11) is 1.21. The fourth-order valence-electron chi connectivity index (χ4n) is 1.46. The molecule has 7 nitrogen and oxygen atoms in total. The first-order valence-corrected chi connectivity index (χ1v) is 6.11. The number of carbonyl (C=O) groups is 3. The van der Waals surface area contributed by atoms with Crippen LogP contribution in [-0.4, -0.2) is 47.8 Å². The van der Waals surface area contributed by atoms with Crippen LogP contribution in [0.4, 0.5) is 0 Å². The van der Waals surface area contributed by atoms with Crippen molar-refractivity contribution in [3.05, 3.63) is 12.3 Å². The van der Waals surface area contributed by atoms with Gasteiger partial charge in [0.1, 0.15) is 12.4 Å². The minimum Gasteiger partial charge on any atom is -0.516 e. The molecule has 0 aliphatic rings. The summed E-state index contributed by atoms with van der Waals surface area (Å²) in [6.45, 7) is 1.04. The van der Waals surface area contributed by atoms with E-state index in [0.717, 1.165) is 6.26 Å². The molecule has 7 heteroatoms. The van der Waals surface area contributed by atoms with Crippen molar-refractivity contribution in [1.29, 1.82) is 0 Å². The summed E-state index contributed by atoms with van der Waals surface area (Å²) in [6.07, 6.45) is 0.664. The molecular formula is C13H20O7. The molecule has 0 spiro atoms. The Bertz CT molecular complexity index is 362. The highest BCUT2D eigenvalue weighted by atomic mass is 16.5. The maximum absolute atomic E-state index is 11.3. The number of carbonyl (C=O) groups excluding carboxylic acids is 3. The van der Waals surface area contributed by atoms with Gasteiger partial charge in [-0.3, -0.25) is 9.59 Å². The molecule has 2 unspecified atom stereocenters. The van der Waals surface area contributed by atoms with Crippen LogP contribution in [0.1, 0.15) is 26.2 Å². The Morgan fingerprint density at radius 1 is 1.20 bits per heavy atom. The predicted molar refractivity (Wildman–Crippen MR) is 68.8 cm³/mol. The lowest BCUT2D eigenvalue weighted by Crippen LogP contribution is -2.27. The largest absolute Gasteiger partial charge is 0.516 e. The number of ketones is 1. The maximum atomic E-state index is 11.3. The zero-order valence-electron chi connectivity index (χ0n) is 11.6. The molecule has 0 radical (unpaired) electrons. The minimum absolute atomic E-state index is 0.0257. The molecule has 0 aromatic heterocycles. The second kappa shape index (κ2) is 9.96. The van der Waals surface area contributed by atoms with Crippen LogP contribution in [0.3, 0.4) is 0 Å². The Labute approximate surface area is 117 Å². The molecule has 0 heterocycles. The molecule has 2 N–H and O–H groups in total. The van der Waals surface area contributed by atoms with Gasteiger partial charge in [0.2, 0.25) is 0 Å². The Morgan fingerprint density at radius 3 is 2.30 bits per heavy atom. The van der Waals surface area contributed by atoms with Crippen LogP contribution in [0.2, 0.25) is 0 Å². The van der Waals surface area contributed by atoms with E-state index < -0.39 is 24.0 Å². The van der Waals surface area contributed by atoms with E-state index in [1.54, 1.807) is 0 Å². The fraction of sp³-hybridized carbons (Fsp3) is 0.615. The van der Waals surface area contributed by atoms with E-state index in [1.807, 2.05) is 0 Å². The van der Waals surface area contributed by atoms with Gasteiger partial charge in [0.25, 0.3) is 0 Å². The van der Waals surface area contributed by atoms with Gasteiger partial charge in [-0.15, -0.1) is 0 Å². The lowest BCUT2D eigenvalue weighted by Gasteiger charge is -2.18. The van der Waals surface area contributed by atoms with Crippen LogP contribution in [-0.2, 0) is 23.9 Å². The molecule has 0 amide bonds. The first-order chi connectivity index (χ1) is 9.40. The third-order valence-electron chi connectivity index (χ3n) is 2.53. The fourth-order valence-corrected chi connectivity index (χ4v) is 1.46. The van der Waals surface area contributed by atoms with Gasteiger partial charge in [-0.2, -0.15) is 0 Å². The van der Waals surface area contributed by atoms with Crippen molar-refractivity contribution in [2.24, 2.45) is 5.92 Å². The van der Waals surface area contributed by atoms with Crippen LogP contribution in [0.25, 0.3) is 0 Å². The van der Waals surface area contributed by atoms with Crippen molar-refractivity contribution in [2.75, 3.05) is 13.7 Å². The number of Topliss-reactive ketones (excluding diaryl/α,β-unsaturated/α-hetero) is 1. The van der Waals surface area contributed by atoms with Crippen molar-refractivity contribution in [2.45, 2.75) is 32.3 Å². The van der Waals surface area contributed by atoms with E-state index in [9.17, 15) is 19.5 Å². The van der Waals surface area contributed by atoms with Crippen molar-refractivity contribution in [3.63, 3.8) is 0 Å². The molecule has 0 aromatic rings. The monoisotopic (exact) mass is 288 g/mol. The highest BCUT2D eigenvalue weighted by Crippen LogP contribution is 2.12. The van der Waals surface area contributed by atoms with Crippen LogP contribution >= 0.6 is 0 Å². The molecular weight excluding hydrogens is 268 g/mol. The van der Waals surface area contributed by atoms with E-state index in [-0.39, 0.29) is 31.7 Å². The second-order valence-electron chi connectivity index (χ2n) is 4.24. The second-order valence-corrected chi connectivity index (χ2v) is 4.24. The number of hydrogen-bond donors (Lipinski definition) is 2. The average Bonchev–Trinajstić information content (AvgIpc) is 2.41. The summed E-state index contributed by atoms with van der Waals surface area (Å²) in [5, 5.41) is 18.5. The van der Waals surface area contributed by atoms with Gasteiger partial charge in [-0.1, -0.05) is 0 Å². The van der Waals surface area contributed by atoms with Gasteiger partial charge in [-0.05, 0) is 13.0 Å². The van der Waals surface area contributed by atoms with Crippen LogP contribution in [0.5, 0.6) is 0 Å². The van der Waals surface area contributed by atoms with Crippen LogP contribution < -0.4 is 0 Å². The summed E-state index contributed by atoms with van der Waals surface area (Å²) in [5.41, 5.74) is 0. The third kappa shape index (κ3) is 8.25. The highest BCUT2D eigenvalue weighted by molar-refractivity contribution is 5.77. The normalized spacial score (nSPS) is 13.8. The number of rotatable bonds is 9. The Hall–Kier alpha value is -1.89. The lowest BCUT2D eigenvalue weighted by molar-refractivity contribution is -0.151. The number of esters is 2. The molecule has 0 aromatic carbocycles. The Balaban J connectivity index is 4.16. The molecule has 0 fully saturated rings. The third-order valence-corrected chi connectivity index (χ3v) is 2.53. The van der Waals surface area contributed by atoms with Crippen LogP contribution in [0, 0.1) is 5.92 Å². The highest BCUT2D eigenvalue weighted by Gasteiger charge is 2.20. The average molecular weight is 288 g/mol. The lowest BCUT2D eigenvalue weighted by atomic mass is 9.97.